The summed E-state index contributed by atoms with van der Waals surface area (Å²) in [5.74, 6) is -0.546. The first-order chi connectivity index (χ1) is 13.4. The van der Waals surface area contributed by atoms with E-state index >= 15 is 0 Å². The predicted molar refractivity (Wildman–Crippen MR) is 109 cm³/mol. The van der Waals surface area contributed by atoms with Crippen LogP contribution in [0.4, 0.5) is 10.1 Å². The lowest BCUT2D eigenvalue weighted by Crippen LogP contribution is -2.21. The Bertz CT molecular complexity index is 1030. The number of nitrogens with zero attached hydrogens (tertiary/aromatic N) is 1. The van der Waals surface area contributed by atoms with E-state index in [2.05, 4.69) is 5.32 Å². The second-order valence-electron chi connectivity index (χ2n) is 6.68. The van der Waals surface area contributed by atoms with Crippen LogP contribution in [0.1, 0.15) is 30.4 Å². The van der Waals surface area contributed by atoms with Gasteiger partial charge in [0.25, 0.3) is 5.56 Å². The third kappa shape index (κ3) is 5.08. The molecule has 28 heavy (non-hydrogen) atoms. The number of carbonyl (C=O) groups is 1. The summed E-state index contributed by atoms with van der Waals surface area (Å²) in [6.07, 6.45) is 1.85. The predicted octanol–water partition coefficient (Wildman–Crippen LogP) is 4.82. The molecule has 1 amide bonds. The van der Waals surface area contributed by atoms with E-state index in [1.54, 1.807) is 30.5 Å². The second-order valence-corrected chi connectivity index (χ2v) is 7.09. The maximum atomic E-state index is 13.0. The minimum atomic E-state index is -0.304. The lowest BCUT2D eigenvalue weighted by atomic mass is 9.97. The van der Waals surface area contributed by atoms with Gasteiger partial charge in [-0.15, -0.1) is 0 Å². The molecule has 3 aromatic rings. The average Bonchev–Trinajstić information content (AvgIpc) is 2.66. The van der Waals surface area contributed by atoms with Gasteiger partial charge < -0.3 is 9.88 Å². The first-order valence-electron chi connectivity index (χ1n) is 8.91. The van der Waals surface area contributed by atoms with E-state index < -0.39 is 0 Å². The molecular weight excluding hydrogens is 379 g/mol. The normalized spacial score (nSPS) is 11.8. The Kier molecular flexibility index (Phi) is 6.26. The van der Waals surface area contributed by atoms with E-state index in [0.717, 1.165) is 11.1 Å². The third-order valence-electron chi connectivity index (χ3n) is 4.50. The highest BCUT2D eigenvalue weighted by molar-refractivity contribution is 6.31. The summed E-state index contributed by atoms with van der Waals surface area (Å²) < 4.78 is 14.5. The van der Waals surface area contributed by atoms with E-state index in [1.807, 2.05) is 25.1 Å². The zero-order chi connectivity index (χ0) is 20.1. The molecule has 0 bridgehead atoms. The third-order valence-corrected chi connectivity index (χ3v) is 4.87. The number of nitrogens with one attached hydrogen (secondary N) is 1. The molecule has 0 radical (unpaired) electrons. The minimum absolute atomic E-state index is 0.0605. The maximum absolute atomic E-state index is 13.0. The van der Waals surface area contributed by atoms with Crippen LogP contribution < -0.4 is 10.9 Å². The van der Waals surface area contributed by atoms with Gasteiger partial charge >= 0.3 is 0 Å². The van der Waals surface area contributed by atoms with Crippen molar-refractivity contribution >= 4 is 23.2 Å². The van der Waals surface area contributed by atoms with Crippen molar-refractivity contribution in [2.75, 3.05) is 5.32 Å². The van der Waals surface area contributed by atoms with Crippen molar-refractivity contribution < 1.29 is 9.18 Å². The molecule has 0 aliphatic heterocycles. The zero-order valence-electron chi connectivity index (χ0n) is 15.4. The number of pyridine rings is 1. The van der Waals surface area contributed by atoms with Crippen molar-refractivity contribution in [2.45, 2.75) is 25.8 Å². The van der Waals surface area contributed by atoms with Crippen LogP contribution in [0.3, 0.4) is 0 Å². The van der Waals surface area contributed by atoms with Crippen molar-refractivity contribution in [3.05, 3.63) is 99.2 Å². The summed E-state index contributed by atoms with van der Waals surface area (Å²) >= 11 is 6.17. The summed E-state index contributed by atoms with van der Waals surface area (Å²) in [5.41, 5.74) is 2.06. The van der Waals surface area contributed by atoms with Gasteiger partial charge in [0.1, 0.15) is 5.82 Å². The summed E-state index contributed by atoms with van der Waals surface area (Å²) in [6.45, 7) is 2.22. The number of aromatic nitrogens is 1. The smallest absolute Gasteiger partial charge is 0.250 e. The molecule has 1 unspecified atom stereocenters. The number of benzene rings is 2. The van der Waals surface area contributed by atoms with E-state index in [0.29, 0.717) is 17.3 Å². The van der Waals surface area contributed by atoms with Gasteiger partial charge in [-0.2, -0.15) is 0 Å². The summed E-state index contributed by atoms with van der Waals surface area (Å²) in [4.78, 5) is 24.5. The fraction of sp³-hybridized carbons (Fsp3) is 0.182. The fourth-order valence-electron chi connectivity index (χ4n) is 2.94. The summed E-state index contributed by atoms with van der Waals surface area (Å²) in [7, 11) is 0. The average molecular weight is 399 g/mol. The first-order valence-corrected chi connectivity index (χ1v) is 9.29. The molecule has 0 saturated heterocycles. The molecule has 0 aliphatic rings. The molecule has 3 rings (SSSR count). The number of carbonyl (C=O) groups excluding carboxylic acids is 1. The molecule has 1 heterocycles. The molecule has 1 N–H and O–H groups in total. The largest absolute Gasteiger partial charge is 0.325 e. The van der Waals surface area contributed by atoms with Crippen LogP contribution in [-0.4, -0.2) is 10.5 Å². The van der Waals surface area contributed by atoms with Crippen LogP contribution in [0.25, 0.3) is 0 Å². The van der Waals surface area contributed by atoms with E-state index in [4.69, 9.17) is 11.6 Å². The Hall–Kier alpha value is -2.92. The second kappa shape index (κ2) is 8.85. The molecule has 2 aromatic carbocycles. The van der Waals surface area contributed by atoms with Crippen LogP contribution in [-0.2, 0) is 11.3 Å². The summed E-state index contributed by atoms with van der Waals surface area (Å²) in [6, 6.07) is 16.4. The van der Waals surface area contributed by atoms with Gasteiger partial charge in [0.2, 0.25) is 5.91 Å². The van der Waals surface area contributed by atoms with Gasteiger partial charge in [-0.3, -0.25) is 9.59 Å². The van der Waals surface area contributed by atoms with Crippen LogP contribution in [0, 0.1) is 5.82 Å². The monoisotopic (exact) mass is 398 g/mol. The molecule has 144 valence electrons. The highest BCUT2D eigenvalue weighted by Crippen LogP contribution is 2.20. The van der Waals surface area contributed by atoms with Crippen molar-refractivity contribution in [1.29, 1.82) is 0 Å². The number of rotatable bonds is 6. The topological polar surface area (TPSA) is 51.1 Å². The highest BCUT2D eigenvalue weighted by atomic mass is 35.5. The Morgan fingerprint density at radius 3 is 2.54 bits per heavy atom. The van der Waals surface area contributed by atoms with Gasteiger partial charge in [0, 0.05) is 23.7 Å². The molecule has 1 aromatic heterocycles. The molecule has 0 fully saturated rings. The van der Waals surface area contributed by atoms with Gasteiger partial charge in [0.15, 0.2) is 0 Å². The molecular formula is C22H20ClFN2O2. The van der Waals surface area contributed by atoms with Crippen molar-refractivity contribution in [1.82, 2.24) is 4.57 Å². The molecule has 1 atom stereocenters. The maximum Gasteiger partial charge on any atom is 0.250 e. The van der Waals surface area contributed by atoms with Gasteiger partial charge in [0.05, 0.1) is 12.2 Å². The number of amides is 1. The Labute approximate surface area is 167 Å². The Balaban J connectivity index is 1.68. The number of hydrogen-bond donors (Lipinski definition) is 1. The molecule has 6 heteroatoms. The zero-order valence-corrected chi connectivity index (χ0v) is 16.1. The number of hydrogen-bond acceptors (Lipinski definition) is 2. The van der Waals surface area contributed by atoms with Gasteiger partial charge in [-0.1, -0.05) is 48.9 Å². The van der Waals surface area contributed by atoms with Crippen LogP contribution in [0.2, 0.25) is 5.02 Å². The van der Waals surface area contributed by atoms with Gasteiger partial charge in [-0.25, -0.2) is 4.39 Å². The Morgan fingerprint density at radius 1 is 1.11 bits per heavy atom. The molecule has 0 saturated carbocycles. The number of anilines is 1. The van der Waals surface area contributed by atoms with Crippen LogP contribution in [0.5, 0.6) is 0 Å². The SMILES string of the molecule is CC(CC(=O)Nc1ccc(=O)n(Cc2ccccc2Cl)c1)c1ccc(F)cc1. The quantitative estimate of drug-likeness (QED) is 0.647. The lowest BCUT2D eigenvalue weighted by Gasteiger charge is -2.13. The molecule has 0 aliphatic carbocycles. The van der Waals surface area contributed by atoms with E-state index in [9.17, 15) is 14.0 Å². The molecule has 4 nitrogen and oxygen atoms in total. The van der Waals surface area contributed by atoms with E-state index in [1.165, 1.54) is 22.8 Å². The summed E-state index contributed by atoms with van der Waals surface area (Å²) in [5, 5.41) is 3.40. The van der Waals surface area contributed by atoms with Crippen molar-refractivity contribution in [2.24, 2.45) is 0 Å². The first kappa shape index (κ1) is 19.8. The van der Waals surface area contributed by atoms with Crippen LogP contribution >= 0.6 is 11.6 Å². The molecule has 0 spiro atoms. The standard InChI is InChI=1S/C22H20ClFN2O2/c1-15(16-6-8-18(24)9-7-16)12-21(27)25-19-10-11-22(28)26(14-19)13-17-4-2-3-5-20(17)23/h2-11,14-15H,12-13H2,1H3,(H,25,27). The lowest BCUT2D eigenvalue weighted by molar-refractivity contribution is -0.116. The van der Waals surface area contributed by atoms with Crippen LogP contribution in [0.15, 0.2) is 71.7 Å². The van der Waals surface area contributed by atoms with Crippen molar-refractivity contribution in [3.63, 3.8) is 0 Å². The number of halogens is 2. The van der Waals surface area contributed by atoms with Gasteiger partial charge in [-0.05, 0) is 41.3 Å². The minimum Gasteiger partial charge on any atom is -0.325 e. The fourth-order valence-corrected chi connectivity index (χ4v) is 3.13. The highest BCUT2D eigenvalue weighted by Gasteiger charge is 2.12. The Morgan fingerprint density at radius 2 is 1.82 bits per heavy atom. The van der Waals surface area contributed by atoms with Crippen molar-refractivity contribution in [3.8, 4) is 0 Å². The van der Waals surface area contributed by atoms with E-state index in [-0.39, 0.29) is 29.6 Å².